The lowest BCUT2D eigenvalue weighted by Gasteiger charge is -2.32. The number of ether oxygens (including phenoxy) is 1. The summed E-state index contributed by atoms with van der Waals surface area (Å²) in [5.74, 6) is -3.39. The third-order valence-corrected chi connectivity index (χ3v) is 4.60. The SMILES string of the molecule is CC(OC(=O)N1c2ccccc2Nc2ccccc21)C(=O)NC(CC(=O)O)C(=O)CF. The molecule has 1 aliphatic rings. The normalized spacial score (nSPS) is 13.7. The Hall–Kier alpha value is -3.95. The zero-order chi connectivity index (χ0) is 22.5. The van der Waals surface area contributed by atoms with Gasteiger partial charge in [-0.05, 0) is 31.2 Å². The van der Waals surface area contributed by atoms with Crippen LogP contribution in [0.3, 0.4) is 0 Å². The molecule has 0 aliphatic carbocycles. The van der Waals surface area contributed by atoms with Crippen LogP contribution < -0.4 is 15.5 Å². The van der Waals surface area contributed by atoms with Crippen molar-refractivity contribution in [1.82, 2.24) is 5.32 Å². The van der Waals surface area contributed by atoms with Gasteiger partial charge in [-0.15, -0.1) is 0 Å². The van der Waals surface area contributed by atoms with Gasteiger partial charge < -0.3 is 20.5 Å². The number of Topliss-reactive ketones (excluding diaryl/α,β-unsaturated/α-hetero) is 1. The fourth-order valence-corrected chi connectivity index (χ4v) is 3.08. The minimum atomic E-state index is -1.56. The van der Waals surface area contributed by atoms with Crippen molar-refractivity contribution in [3.8, 4) is 0 Å². The molecule has 2 unspecified atom stereocenters. The van der Waals surface area contributed by atoms with E-state index in [1.54, 1.807) is 48.5 Å². The Morgan fingerprint density at radius 3 is 2.13 bits per heavy atom. The largest absolute Gasteiger partial charge is 0.481 e. The molecule has 0 bridgehead atoms. The number of rotatable bonds is 7. The van der Waals surface area contributed by atoms with Crippen LogP contribution >= 0.6 is 0 Å². The number of para-hydroxylation sites is 4. The first-order valence-electron chi connectivity index (χ1n) is 9.38. The van der Waals surface area contributed by atoms with E-state index in [0.717, 1.165) is 0 Å². The molecular formula is C21H20FN3O6. The number of carboxylic acids is 1. The maximum absolute atomic E-state index is 13.0. The molecule has 1 heterocycles. The molecule has 0 fully saturated rings. The van der Waals surface area contributed by atoms with Crippen molar-refractivity contribution >= 4 is 46.5 Å². The number of carbonyl (C=O) groups excluding carboxylic acids is 3. The topological polar surface area (TPSA) is 125 Å². The Labute approximate surface area is 176 Å². The molecule has 31 heavy (non-hydrogen) atoms. The quantitative estimate of drug-likeness (QED) is 0.618. The van der Waals surface area contributed by atoms with E-state index < -0.39 is 49.0 Å². The first-order chi connectivity index (χ1) is 14.8. The predicted octanol–water partition coefficient (Wildman–Crippen LogP) is 2.90. The average Bonchev–Trinajstić information content (AvgIpc) is 2.75. The number of carboxylic acid groups (broad SMARTS) is 1. The second kappa shape index (κ2) is 9.24. The molecule has 0 radical (unpaired) electrons. The van der Waals surface area contributed by atoms with Crippen molar-refractivity contribution in [2.75, 3.05) is 16.9 Å². The first kappa shape index (κ1) is 21.8. The minimum absolute atomic E-state index is 0.509. The zero-order valence-electron chi connectivity index (χ0n) is 16.5. The summed E-state index contributed by atoms with van der Waals surface area (Å²) in [7, 11) is 0. The third kappa shape index (κ3) is 4.80. The van der Waals surface area contributed by atoms with Gasteiger partial charge >= 0.3 is 12.1 Å². The molecule has 1 aliphatic heterocycles. The standard InChI is InChI=1S/C21H20FN3O6/c1-12(20(29)24-15(10-19(27)28)18(26)11-22)31-21(30)25-16-8-4-2-6-13(16)23-14-7-3-5-9-17(14)25/h2-9,12,15,23H,10-11H2,1H3,(H,24,29)(H,27,28). The van der Waals surface area contributed by atoms with Crippen molar-refractivity contribution in [3.05, 3.63) is 48.5 Å². The van der Waals surface area contributed by atoms with Crippen LogP contribution in [0.5, 0.6) is 0 Å². The number of ketones is 1. The summed E-state index contributed by atoms with van der Waals surface area (Å²) in [6, 6.07) is 12.5. The lowest BCUT2D eigenvalue weighted by Crippen LogP contribution is -2.48. The van der Waals surface area contributed by atoms with Gasteiger partial charge in [0.2, 0.25) is 0 Å². The molecule has 0 aromatic heterocycles. The van der Waals surface area contributed by atoms with Crippen molar-refractivity contribution in [3.63, 3.8) is 0 Å². The number of amides is 2. The number of hydrogen-bond acceptors (Lipinski definition) is 6. The Kier molecular flexibility index (Phi) is 6.49. The van der Waals surface area contributed by atoms with Crippen LogP contribution in [0.1, 0.15) is 13.3 Å². The number of hydrogen-bond donors (Lipinski definition) is 3. The number of fused-ring (bicyclic) bond motifs is 2. The maximum Gasteiger partial charge on any atom is 0.419 e. The van der Waals surface area contributed by atoms with E-state index in [4.69, 9.17) is 9.84 Å². The van der Waals surface area contributed by atoms with Gasteiger partial charge in [0.25, 0.3) is 5.91 Å². The fourth-order valence-electron chi connectivity index (χ4n) is 3.08. The van der Waals surface area contributed by atoms with E-state index in [2.05, 4.69) is 10.6 Å². The summed E-state index contributed by atoms with van der Waals surface area (Å²) in [6.45, 7) is -0.161. The number of anilines is 4. The summed E-state index contributed by atoms with van der Waals surface area (Å²) >= 11 is 0. The molecule has 162 valence electrons. The molecule has 3 rings (SSSR count). The molecular weight excluding hydrogens is 409 g/mol. The number of nitrogens with one attached hydrogen (secondary N) is 2. The maximum atomic E-state index is 13.0. The fraction of sp³-hybridized carbons (Fsp3) is 0.238. The molecule has 2 aromatic rings. The van der Waals surface area contributed by atoms with E-state index in [1.807, 2.05) is 0 Å². The molecule has 2 aromatic carbocycles. The second-order valence-electron chi connectivity index (χ2n) is 6.78. The average molecular weight is 429 g/mol. The molecule has 2 amide bonds. The summed E-state index contributed by atoms with van der Waals surface area (Å²) in [5.41, 5.74) is 2.33. The number of aliphatic carboxylic acids is 1. The first-order valence-corrected chi connectivity index (χ1v) is 9.38. The smallest absolute Gasteiger partial charge is 0.419 e. The highest BCUT2D eigenvalue weighted by Gasteiger charge is 2.32. The molecule has 10 heteroatoms. The van der Waals surface area contributed by atoms with E-state index in [1.165, 1.54) is 11.8 Å². The molecule has 0 saturated heterocycles. The van der Waals surface area contributed by atoms with Crippen LogP contribution in [0, 0.1) is 0 Å². The van der Waals surface area contributed by atoms with Crippen molar-refractivity contribution in [2.45, 2.75) is 25.5 Å². The monoisotopic (exact) mass is 429 g/mol. The Morgan fingerprint density at radius 1 is 1.06 bits per heavy atom. The van der Waals surface area contributed by atoms with Crippen molar-refractivity contribution in [2.24, 2.45) is 0 Å². The van der Waals surface area contributed by atoms with Gasteiger partial charge in [-0.3, -0.25) is 14.4 Å². The van der Waals surface area contributed by atoms with Crippen LogP contribution in [0.4, 0.5) is 31.9 Å². The van der Waals surface area contributed by atoms with Gasteiger partial charge in [-0.1, -0.05) is 24.3 Å². The van der Waals surface area contributed by atoms with E-state index in [-0.39, 0.29) is 0 Å². The van der Waals surface area contributed by atoms with E-state index in [9.17, 15) is 23.6 Å². The highest BCUT2D eigenvalue weighted by Crippen LogP contribution is 2.43. The Morgan fingerprint density at radius 2 is 1.61 bits per heavy atom. The minimum Gasteiger partial charge on any atom is -0.481 e. The van der Waals surface area contributed by atoms with E-state index in [0.29, 0.717) is 22.7 Å². The van der Waals surface area contributed by atoms with Gasteiger partial charge in [-0.25, -0.2) is 14.1 Å². The summed E-state index contributed by atoms with van der Waals surface area (Å²) < 4.78 is 18.0. The van der Waals surface area contributed by atoms with Crippen LogP contribution in [-0.2, 0) is 19.1 Å². The molecule has 0 spiro atoms. The number of carbonyl (C=O) groups is 4. The molecule has 2 atom stereocenters. The van der Waals surface area contributed by atoms with Crippen LogP contribution in [-0.4, -0.2) is 47.7 Å². The lowest BCUT2D eigenvalue weighted by atomic mass is 10.1. The molecule has 9 nitrogen and oxygen atoms in total. The van der Waals surface area contributed by atoms with Gasteiger partial charge in [-0.2, -0.15) is 0 Å². The highest BCUT2D eigenvalue weighted by atomic mass is 19.1. The summed E-state index contributed by atoms with van der Waals surface area (Å²) in [5, 5.41) is 14.2. The third-order valence-electron chi connectivity index (χ3n) is 4.60. The summed E-state index contributed by atoms with van der Waals surface area (Å²) in [4.78, 5) is 49.1. The number of nitrogens with zero attached hydrogens (tertiary/aromatic N) is 1. The van der Waals surface area contributed by atoms with Gasteiger partial charge in [0, 0.05) is 0 Å². The number of alkyl halides is 1. The molecule has 0 saturated carbocycles. The molecule has 3 N–H and O–H groups in total. The number of halogens is 1. The Bertz CT molecular complexity index is 982. The van der Waals surface area contributed by atoms with Crippen LogP contribution in [0.25, 0.3) is 0 Å². The Balaban J connectivity index is 1.77. The van der Waals surface area contributed by atoms with Crippen molar-refractivity contribution in [1.29, 1.82) is 0 Å². The van der Waals surface area contributed by atoms with E-state index >= 15 is 0 Å². The van der Waals surface area contributed by atoms with Gasteiger partial charge in [0.1, 0.15) is 12.7 Å². The van der Waals surface area contributed by atoms with Crippen molar-refractivity contribution < 1.29 is 33.4 Å². The zero-order valence-corrected chi connectivity index (χ0v) is 16.5. The number of benzene rings is 2. The van der Waals surface area contributed by atoms with Crippen LogP contribution in [0.2, 0.25) is 0 Å². The second-order valence-corrected chi connectivity index (χ2v) is 6.78. The van der Waals surface area contributed by atoms with Gasteiger partial charge in [0.05, 0.1) is 29.2 Å². The summed E-state index contributed by atoms with van der Waals surface area (Å²) in [6.07, 6.45) is -3.01. The van der Waals surface area contributed by atoms with Gasteiger partial charge in [0.15, 0.2) is 11.9 Å². The lowest BCUT2D eigenvalue weighted by molar-refractivity contribution is -0.141. The highest BCUT2D eigenvalue weighted by molar-refractivity contribution is 6.07. The van der Waals surface area contributed by atoms with Crippen LogP contribution in [0.15, 0.2) is 48.5 Å². The predicted molar refractivity (Wildman–Crippen MR) is 109 cm³/mol.